The molecule has 4 nitrogen and oxygen atoms in total. The molecule has 0 spiro atoms. The molecule has 2 aromatic rings. The summed E-state index contributed by atoms with van der Waals surface area (Å²) in [5.74, 6) is 0.0395. The first-order valence-corrected chi connectivity index (χ1v) is 5.78. The van der Waals surface area contributed by atoms with Gasteiger partial charge in [0.15, 0.2) is 5.76 Å². The predicted molar refractivity (Wildman–Crippen MR) is 68.8 cm³/mol. The third-order valence-corrected chi connectivity index (χ3v) is 2.47. The summed E-state index contributed by atoms with van der Waals surface area (Å²) < 4.78 is 17.9. The average molecular weight is 260 g/mol. The summed E-state index contributed by atoms with van der Waals surface area (Å²) in [6.45, 7) is 3.93. The highest BCUT2D eigenvalue weighted by molar-refractivity contribution is 5.78. The van der Waals surface area contributed by atoms with E-state index < -0.39 is 0 Å². The minimum Gasteiger partial charge on any atom is -0.356 e. The number of benzene rings is 1. The summed E-state index contributed by atoms with van der Waals surface area (Å²) in [4.78, 5) is 11.5. The number of nitrogens with one attached hydrogen (secondary N) is 1. The van der Waals surface area contributed by atoms with E-state index in [-0.39, 0.29) is 18.1 Å². The van der Waals surface area contributed by atoms with Crippen LogP contribution in [0.4, 0.5) is 4.39 Å². The molecule has 0 saturated heterocycles. The molecule has 98 valence electrons. The van der Waals surface area contributed by atoms with Crippen molar-refractivity contribution in [3.8, 4) is 11.3 Å². The molecule has 1 aromatic heterocycles. The van der Waals surface area contributed by atoms with Gasteiger partial charge < -0.3 is 9.84 Å². The average Bonchev–Trinajstić information content (AvgIpc) is 2.85. The molecule has 0 aliphatic heterocycles. The van der Waals surface area contributed by atoms with E-state index in [4.69, 9.17) is 4.52 Å². The number of halogens is 1. The summed E-state index contributed by atoms with van der Waals surface area (Å²) >= 11 is 0. The van der Waals surface area contributed by atoms with Crippen LogP contribution >= 0.6 is 0 Å². The van der Waals surface area contributed by atoms with E-state index in [1.165, 1.54) is 12.1 Å². The summed E-state index contributed by atoms with van der Waals surface area (Å²) in [5, 5.41) is 6.46. The first-order chi connectivity index (χ1) is 9.19. The molecule has 1 aromatic carbocycles. The molecule has 19 heavy (non-hydrogen) atoms. The van der Waals surface area contributed by atoms with Crippen LogP contribution in [0.2, 0.25) is 0 Å². The van der Waals surface area contributed by atoms with Gasteiger partial charge in [-0.3, -0.25) is 4.79 Å². The van der Waals surface area contributed by atoms with Crippen LogP contribution in [0.3, 0.4) is 0 Å². The molecule has 0 aliphatic rings. The Labute approximate surface area is 109 Å². The number of hydrogen-bond donors (Lipinski definition) is 1. The number of carbonyl (C=O) groups excluding carboxylic acids is 1. The number of rotatable bonds is 5. The number of aromatic nitrogens is 1. The zero-order chi connectivity index (χ0) is 13.7. The van der Waals surface area contributed by atoms with Crippen LogP contribution in [0.25, 0.3) is 11.3 Å². The molecule has 0 atom stereocenters. The van der Waals surface area contributed by atoms with Gasteiger partial charge in [-0.05, 0) is 24.3 Å². The summed E-state index contributed by atoms with van der Waals surface area (Å²) in [7, 11) is 0. The van der Waals surface area contributed by atoms with E-state index in [2.05, 4.69) is 17.1 Å². The fourth-order valence-corrected chi connectivity index (χ4v) is 1.56. The molecule has 5 heteroatoms. The lowest BCUT2D eigenvalue weighted by Gasteiger charge is -1.97. The van der Waals surface area contributed by atoms with E-state index in [1.807, 2.05) is 0 Å². The molecular weight excluding hydrogens is 247 g/mol. The van der Waals surface area contributed by atoms with E-state index in [1.54, 1.807) is 24.3 Å². The van der Waals surface area contributed by atoms with Crippen molar-refractivity contribution in [1.82, 2.24) is 10.5 Å². The van der Waals surface area contributed by atoms with Gasteiger partial charge in [-0.1, -0.05) is 11.2 Å². The molecular formula is C14H13FN2O2. The minimum absolute atomic E-state index is 0.137. The number of hydrogen-bond acceptors (Lipinski definition) is 3. The third-order valence-electron chi connectivity index (χ3n) is 2.47. The van der Waals surface area contributed by atoms with Gasteiger partial charge in [0, 0.05) is 18.2 Å². The van der Waals surface area contributed by atoms with Gasteiger partial charge in [-0.15, -0.1) is 6.58 Å². The maximum atomic E-state index is 12.8. The quantitative estimate of drug-likeness (QED) is 0.839. The smallest absolute Gasteiger partial charge is 0.226 e. The van der Waals surface area contributed by atoms with Crippen molar-refractivity contribution in [2.75, 3.05) is 6.54 Å². The van der Waals surface area contributed by atoms with Gasteiger partial charge in [0.25, 0.3) is 0 Å². The van der Waals surface area contributed by atoms with Crippen LogP contribution in [-0.2, 0) is 11.2 Å². The van der Waals surface area contributed by atoms with Crippen molar-refractivity contribution in [2.24, 2.45) is 0 Å². The standard InChI is InChI=1S/C14H13FN2O2/c1-2-7-16-14(18)9-12-8-13(19-17-12)10-3-5-11(15)6-4-10/h2-6,8H,1,7,9H2,(H,16,18). The Morgan fingerprint density at radius 2 is 2.16 bits per heavy atom. The maximum absolute atomic E-state index is 12.8. The molecule has 0 radical (unpaired) electrons. The first-order valence-electron chi connectivity index (χ1n) is 5.78. The highest BCUT2D eigenvalue weighted by Gasteiger charge is 2.10. The van der Waals surface area contributed by atoms with Crippen LogP contribution in [0.15, 0.2) is 47.5 Å². The molecule has 0 fully saturated rings. The lowest BCUT2D eigenvalue weighted by Crippen LogP contribution is -2.24. The Hall–Kier alpha value is -2.43. The van der Waals surface area contributed by atoms with Gasteiger partial charge in [-0.2, -0.15) is 0 Å². The van der Waals surface area contributed by atoms with E-state index >= 15 is 0 Å². The maximum Gasteiger partial charge on any atom is 0.226 e. The molecule has 0 aliphatic carbocycles. The number of nitrogens with zero attached hydrogens (tertiary/aromatic N) is 1. The van der Waals surface area contributed by atoms with Crippen molar-refractivity contribution < 1.29 is 13.7 Å². The highest BCUT2D eigenvalue weighted by Crippen LogP contribution is 2.20. The highest BCUT2D eigenvalue weighted by atomic mass is 19.1. The fraction of sp³-hybridized carbons (Fsp3) is 0.143. The zero-order valence-electron chi connectivity index (χ0n) is 10.2. The molecule has 2 rings (SSSR count). The largest absolute Gasteiger partial charge is 0.356 e. The van der Waals surface area contributed by atoms with Gasteiger partial charge >= 0.3 is 0 Å². The van der Waals surface area contributed by atoms with Crippen molar-refractivity contribution in [1.29, 1.82) is 0 Å². The number of amides is 1. The fourth-order valence-electron chi connectivity index (χ4n) is 1.56. The lowest BCUT2D eigenvalue weighted by molar-refractivity contribution is -0.120. The molecule has 1 heterocycles. The number of carbonyl (C=O) groups is 1. The Kier molecular flexibility index (Phi) is 4.07. The first kappa shape index (κ1) is 13.0. The second-order valence-electron chi connectivity index (χ2n) is 3.96. The normalized spacial score (nSPS) is 10.2. The Bertz CT molecular complexity index is 575. The Morgan fingerprint density at radius 1 is 1.42 bits per heavy atom. The van der Waals surface area contributed by atoms with Crippen molar-refractivity contribution >= 4 is 5.91 Å². The van der Waals surface area contributed by atoms with Crippen molar-refractivity contribution in [2.45, 2.75) is 6.42 Å². The lowest BCUT2D eigenvalue weighted by atomic mass is 10.1. The van der Waals surface area contributed by atoms with Gasteiger partial charge in [0.2, 0.25) is 5.91 Å². The van der Waals surface area contributed by atoms with Crippen LogP contribution in [-0.4, -0.2) is 17.6 Å². The third kappa shape index (κ3) is 3.51. The van der Waals surface area contributed by atoms with Crippen LogP contribution in [0.5, 0.6) is 0 Å². The van der Waals surface area contributed by atoms with Gasteiger partial charge in [0.05, 0.1) is 12.1 Å². The predicted octanol–water partition coefficient (Wildman–Crippen LogP) is 2.33. The summed E-state index contributed by atoms with van der Waals surface area (Å²) in [6, 6.07) is 7.54. The molecule has 1 amide bonds. The monoisotopic (exact) mass is 260 g/mol. The molecule has 0 bridgehead atoms. The Balaban J connectivity index is 2.04. The van der Waals surface area contributed by atoms with Gasteiger partial charge in [-0.25, -0.2) is 4.39 Å². The van der Waals surface area contributed by atoms with Crippen molar-refractivity contribution in [3.05, 3.63) is 54.5 Å². The van der Waals surface area contributed by atoms with E-state index in [9.17, 15) is 9.18 Å². The van der Waals surface area contributed by atoms with E-state index in [0.29, 0.717) is 23.6 Å². The second kappa shape index (κ2) is 5.95. The van der Waals surface area contributed by atoms with Gasteiger partial charge in [0.1, 0.15) is 5.82 Å². The minimum atomic E-state index is -0.313. The second-order valence-corrected chi connectivity index (χ2v) is 3.96. The molecule has 1 N–H and O–H groups in total. The van der Waals surface area contributed by atoms with Crippen LogP contribution < -0.4 is 5.32 Å². The van der Waals surface area contributed by atoms with Crippen LogP contribution in [0, 0.1) is 5.82 Å². The summed E-state index contributed by atoms with van der Waals surface area (Å²) in [5.41, 5.74) is 1.24. The van der Waals surface area contributed by atoms with Crippen molar-refractivity contribution in [3.63, 3.8) is 0 Å². The molecule has 0 saturated carbocycles. The van der Waals surface area contributed by atoms with Crippen LogP contribution in [0.1, 0.15) is 5.69 Å². The zero-order valence-corrected chi connectivity index (χ0v) is 10.2. The Morgan fingerprint density at radius 3 is 2.84 bits per heavy atom. The SMILES string of the molecule is C=CCNC(=O)Cc1cc(-c2ccc(F)cc2)on1. The summed E-state index contributed by atoms with van der Waals surface area (Å²) in [6.07, 6.45) is 1.74. The molecule has 0 unspecified atom stereocenters. The topological polar surface area (TPSA) is 55.1 Å². The van der Waals surface area contributed by atoms with E-state index in [0.717, 1.165) is 0 Å².